The molecule has 1 aliphatic rings. The Hall–Kier alpha value is -3.74. The average molecular weight is 449 g/mol. The number of urea groups is 1. The molecule has 4 rings (SSSR count). The first-order chi connectivity index (χ1) is 16.0. The molecule has 1 unspecified atom stereocenters. The smallest absolute Gasteiger partial charge is 0.321 e. The maximum absolute atomic E-state index is 13.2. The molecule has 0 bridgehead atoms. The highest BCUT2D eigenvalue weighted by atomic mass is 16.5. The van der Waals surface area contributed by atoms with Gasteiger partial charge in [-0.05, 0) is 53.9 Å². The molecule has 1 fully saturated rings. The summed E-state index contributed by atoms with van der Waals surface area (Å²) in [7, 11) is 4.75. The SMILES string of the molecule is COc1ccc(NC(=O)N2CCCC(C(=O)c3ccc4cc(OC)ccc4c3)C2)c(OC)c1. The Labute approximate surface area is 193 Å². The van der Waals surface area contributed by atoms with Gasteiger partial charge in [0, 0.05) is 30.6 Å². The number of methoxy groups -OCH3 is 3. The Balaban J connectivity index is 1.46. The number of benzene rings is 3. The number of carbonyl (C=O) groups is 2. The van der Waals surface area contributed by atoms with Crippen molar-refractivity contribution in [2.45, 2.75) is 12.8 Å². The minimum atomic E-state index is -0.249. The fraction of sp³-hybridized carbons (Fsp3) is 0.308. The number of rotatable bonds is 6. The van der Waals surface area contributed by atoms with Crippen molar-refractivity contribution in [2.75, 3.05) is 39.7 Å². The van der Waals surface area contributed by atoms with Crippen LogP contribution >= 0.6 is 0 Å². The van der Waals surface area contributed by atoms with Crippen molar-refractivity contribution in [2.24, 2.45) is 5.92 Å². The van der Waals surface area contributed by atoms with Crippen LogP contribution in [0.1, 0.15) is 23.2 Å². The molecule has 1 N–H and O–H groups in total. The van der Waals surface area contributed by atoms with E-state index in [2.05, 4.69) is 5.32 Å². The summed E-state index contributed by atoms with van der Waals surface area (Å²) in [6, 6.07) is 16.5. The van der Waals surface area contributed by atoms with Crippen LogP contribution in [0, 0.1) is 5.92 Å². The molecule has 0 saturated carbocycles. The Bertz CT molecular complexity index is 1180. The van der Waals surface area contributed by atoms with E-state index < -0.39 is 0 Å². The topological polar surface area (TPSA) is 77.1 Å². The molecule has 1 saturated heterocycles. The number of Topliss-reactive ketones (excluding diaryl/α,β-unsaturated/α-hetero) is 1. The number of hydrogen-bond acceptors (Lipinski definition) is 5. The zero-order valence-corrected chi connectivity index (χ0v) is 19.1. The fourth-order valence-corrected chi connectivity index (χ4v) is 4.21. The van der Waals surface area contributed by atoms with Crippen molar-refractivity contribution in [1.82, 2.24) is 4.90 Å². The maximum Gasteiger partial charge on any atom is 0.321 e. The summed E-state index contributed by atoms with van der Waals surface area (Å²) in [5.41, 5.74) is 1.22. The average Bonchev–Trinajstić information content (AvgIpc) is 2.87. The summed E-state index contributed by atoms with van der Waals surface area (Å²) in [5.74, 6) is 1.76. The van der Waals surface area contributed by atoms with Crippen LogP contribution in [-0.4, -0.2) is 51.1 Å². The molecule has 2 amide bonds. The fourth-order valence-electron chi connectivity index (χ4n) is 4.21. The number of ether oxygens (including phenoxy) is 3. The van der Waals surface area contributed by atoms with E-state index in [-0.39, 0.29) is 17.7 Å². The zero-order valence-electron chi connectivity index (χ0n) is 19.1. The molecule has 7 nitrogen and oxygen atoms in total. The molecule has 0 aromatic heterocycles. The lowest BCUT2D eigenvalue weighted by atomic mass is 9.89. The Morgan fingerprint density at radius 1 is 0.879 bits per heavy atom. The Morgan fingerprint density at radius 2 is 1.58 bits per heavy atom. The number of amides is 2. The van der Waals surface area contributed by atoms with Gasteiger partial charge in [0.15, 0.2) is 5.78 Å². The lowest BCUT2D eigenvalue weighted by Crippen LogP contribution is -2.44. The summed E-state index contributed by atoms with van der Waals surface area (Å²) >= 11 is 0. The maximum atomic E-state index is 13.2. The highest BCUT2D eigenvalue weighted by Crippen LogP contribution is 2.30. The van der Waals surface area contributed by atoms with Gasteiger partial charge < -0.3 is 24.4 Å². The number of carbonyl (C=O) groups excluding carboxylic acids is 2. The van der Waals surface area contributed by atoms with Crippen LogP contribution < -0.4 is 19.5 Å². The zero-order chi connectivity index (χ0) is 23.4. The van der Waals surface area contributed by atoms with E-state index in [1.54, 1.807) is 44.4 Å². The number of nitrogens with one attached hydrogen (secondary N) is 1. The van der Waals surface area contributed by atoms with Crippen molar-refractivity contribution >= 4 is 28.3 Å². The molecule has 33 heavy (non-hydrogen) atoms. The van der Waals surface area contributed by atoms with E-state index in [1.165, 1.54) is 0 Å². The van der Waals surface area contributed by atoms with Crippen molar-refractivity contribution < 1.29 is 23.8 Å². The van der Waals surface area contributed by atoms with Crippen LogP contribution in [0.3, 0.4) is 0 Å². The van der Waals surface area contributed by atoms with Crippen LogP contribution in [0.4, 0.5) is 10.5 Å². The molecule has 172 valence electrons. The van der Waals surface area contributed by atoms with Gasteiger partial charge >= 0.3 is 6.03 Å². The second-order valence-corrected chi connectivity index (χ2v) is 8.07. The van der Waals surface area contributed by atoms with Crippen LogP contribution in [0.2, 0.25) is 0 Å². The van der Waals surface area contributed by atoms with Gasteiger partial charge in [-0.3, -0.25) is 4.79 Å². The third-order valence-electron chi connectivity index (χ3n) is 6.06. The number of nitrogens with zero attached hydrogens (tertiary/aromatic N) is 1. The second-order valence-electron chi connectivity index (χ2n) is 8.07. The van der Waals surface area contributed by atoms with Gasteiger partial charge in [-0.1, -0.05) is 18.2 Å². The van der Waals surface area contributed by atoms with Crippen molar-refractivity contribution in [3.63, 3.8) is 0 Å². The second kappa shape index (κ2) is 9.81. The minimum Gasteiger partial charge on any atom is -0.497 e. The molecule has 1 aliphatic heterocycles. The highest BCUT2D eigenvalue weighted by molar-refractivity contribution is 6.02. The summed E-state index contributed by atoms with van der Waals surface area (Å²) in [5, 5.41) is 4.90. The molecular weight excluding hydrogens is 420 g/mol. The third kappa shape index (κ3) is 4.87. The molecule has 0 spiro atoms. The first-order valence-corrected chi connectivity index (χ1v) is 10.9. The van der Waals surface area contributed by atoms with Crippen molar-refractivity contribution in [3.05, 3.63) is 60.2 Å². The summed E-state index contributed by atoms with van der Waals surface area (Å²) < 4.78 is 15.8. The molecule has 1 atom stereocenters. The first-order valence-electron chi connectivity index (χ1n) is 10.9. The van der Waals surface area contributed by atoms with Crippen molar-refractivity contribution in [3.8, 4) is 17.2 Å². The van der Waals surface area contributed by atoms with E-state index >= 15 is 0 Å². The number of anilines is 1. The van der Waals surface area contributed by atoms with Crippen LogP contribution in [-0.2, 0) is 0 Å². The molecule has 7 heteroatoms. The van der Waals surface area contributed by atoms with Gasteiger partial charge in [0.05, 0.1) is 27.0 Å². The van der Waals surface area contributed by atoms with Gasteiger partial charge in [-0.25, -0.2) is 4.79 Å². The lowest BCUT2D eigenvalue weighted by Gasteiger charge is -2.32. The van der Waals surface area contributed by atoms with E-state index in [9.17, 15) is 9.59 Å². The number of ketones is 1. The quantitative estimate of drug-likeness (QED) is 0.538. The summed E-state index contributed by atoms with van der Waals surface area (Å²) in [6.45, 7) is 0.982. The van der Waals surface area contributed by atoms with Gasteiger partial charge in [0.1, 0.15) is 17.2 Å². The number of fused-ring (bicyclic) bond motifs is 1. The van der Waals surface area contributed by atoms with Crippen LogP contribution in [0.25, 0.3) is 10.8 Å². The highest BCUT2D eigenvalue weighted by Gasteiger charge is 2.29. The van der Waals surface area contributed by atoms with Gasteiger partial charge in [-0.2, -0.15) is 0 Å². The van der Waals surface area contributed by atoms with Gasteiger partial charge in [0.2, 0.25) is 0 Å². The minimum absolute atomic E-state index is 0.0623. The molecule has 1 heterocycles. The molecular formula is C26H28N2O5. The third-order valence-corrected chi connectivity index (χ3v) is 6.06. The number of likely N-dealkylation sites (tertiary alicyclic amines) is 1. The van der Waals surface area contributed by atoms with E-state index in [0.29, 0.717) is 35.8 Å². The summed E-state index contributed by atoms with van der Waals surface area (Å²) in [6.07, 6.45) is 1.53. The van der Waals surface area contributed by atoms with E-state index in [4.69, 9.17) is 14.2 Å². The van der Waals surface area contributed by atoms with E-state index in [1.807, 2.05) is 36.4 Å². The number of hydrogen-bond donors (Lipinski definition) is 1. The Morgan fingerprint density at radius 3 is 2.33 bits per heavy atom. The van der Waals surface area contributed by atoms with Crippen LogP contribution in [0.5, 0.6) is 17.2 Å². The van der Waals surface area contributed by atoms with Gasteiger partial charge in [0.25, 0.3) is 0 Å². The largest absolute Gasteiger partial charge is 0.497 e. The monoisotopic (exact) mass is 448 g/mol. The summed E-state index contributed by atoms with van der Waals surface area (Å²) in [4.78, 5) is 27.9. The Kier molecular flexibility index (Phi) is 6.68. The van der Waals surface area contributed by atoms with E-state index in [0.717, 1.165) is 29.4 Å². The first kappa shape index (κ1) is 22.5. The molecule has 0 radical (unpaired) electrons. The molecule has 3 aromatic carbocycles. The normalized spacial score (nSPS) is 15.7. The number of piperidine rings is 1. The van der Waals surface area contributed by atoms with Crippen molar-refractivity contribution in [1.29, 1.82) is 0 Å². The van der Waals surface area contributed by atoms with Crippen LogP contribution in [0.15, 0.2) is 54.6 Å². The molecule has 3 aromatic rings. The molecule has 0 aliphatic carbocycles. The lowest BCUT2D eigenvalue weighted by molar-refractivity contribution is 0.0851. The van der Waals surface area contributed by atoms with Gasteiger partial charge in [-0.15, -0.1) is 0 Å². The standard InChI is InChI=1S/C26H28N2O5/c1-31-21-9-8-17-13-19(7-6-18(17)14-21)25(29)20-5-4-12-28(16-20)26(30)27-23-11-10-22(32-2)15-24(23)33-3/h6-11,13-15,20H,4-5,12,16H2,1-3H3,(H,27,30). The predicted octanol–water partition coefficient (Wildman–Crippen LogP) is 4.99. The predicted molar refractivity (Wildman–Crippen MR) is 128 cm³/mol.